The zero-order valence-electron chi connectivity index (χ0n) is 18.7. The number of thiocarbonyl (C=S) groups is 1. The van der Waals surface area contributed by atoms with E-state index in [0.29, 0.717) is 34.4 Å². The van der Waals surface area contributed by atoms with Crippen molar-refractivity contribution in [3.63, 3.8) is 0 Å². The minimum Gasteiger partial charge on any atom is -0.457 e. The lowest BCUT2D eigenvalue weighted by molar-refractivity contribution is -0.122. The van der Waals surface area contributed by atoms with Crippen LogP contribution >= 0.6 is 24.0 Å². The van der Waals surface area contributed by atoms with Crippen LogP contribution in [0.5, 0.6) is 11.5 Å². The summed E-state index contributed by atoms with van der Waals surface area (Å²) >= 11 is 6.70. The van der Waals surface area contributed by atoms with Gasteiger partial charge in [-0.05, 0) is 60.9 Å². The molecule has 7 heteroatoms. The normalized spacial score (nSPS) is 14.5. The van der Waals surface area contributed by atoms with Crippen molar-refractivity contribution in [2.75, 3.05) is 11.9 Å². The summed E-state index contributed by atoms with van der Waals surface area (Å²) in [5.41, 5.74) is 2.67. The molecule has 1 aliphatic heterocycles. The fourth-order valence-corrected chi connectivity index (χ4v) is 4.77. The standard InChI is InChI=1S/C27H24N2O3S2/c1-19-9-5-6-14-23(19)28-25(30)15-8-16-29-26(31)24(34-27(29)33)18-20-10-7-13-22(17-20)32-21-11-3-2-4-12-21/h2-7,9-14,17-18H,8,15-16H2,1H3,(H,28,30)/b24-18-. The minimum atomic E-state index is -0.135. The largest absolute Gasteiger partial charge is 0.457 e. The van der Waals surface area contributed by atoms with Crippen LogP contribution in [0.1, 0.15) is 24.0 Å². The molecule has 0 saturated carbocycles. The molecule has 0 atom stereocenters. The number of rotatable bonds is 8. The highest BCUT2D eigenvalue weighted by atomic mass is 32.2. The number of carbonyl (C=O) groups excluding carboxylic acids is 2. The smallest absolute Gasteiger partial charge is 0.266 e. The fourth-order valence-electron chi connectivity index (χ4n) is 3.46. The van der Waals surface area contributed by atoms with Gasteiger partial charge in [0.15, 0.2) is 0 Å². The Hall–Kier alpha value is -3.42. The topological polar surface area (TPSA) is 58.6 Å². The molecule has 4 rings (SSSR count). The van der Waals surface area contributed by atoms with Crippen LogP contribution in [0.4, 0.5) is 5.69 Å². The Morgan fingerprint density at radius 3 is 2.56 bits per heavy atom. The molecule has 34 heavy (non-hydrogen) atoms. The van der Waals surface area contributed by atoms with Gasteiger partial charge >= 0.3 is 0 Å². The first-order valence-corrected chi connectivity index (χ1v) is 12.2. The van der Waals surface area contributed by atoms with Crippen molar-refractivity contribution in [1.29, 1.82) is 0 Å². The highest BCUT2D eigenvalue weighted by Crippen LogP contribution is 2.33. The summed E-state index contributed by atoms with van der Waals surface area (Å²) in [6.45, 7) is 2.35. The molecule has 1 fully saturated rings. The molecular weight excluding hydrogens is 464 g/mol. The third kappa shape index (κ3) is 6.12. The van der Waals surface area contributed by atoms with Crippen molar-refractivity contribution in [3.05, 3.63) is 94.9 Å². The molecule has 1 saturated heterocycles. The van der Waals surface area contributed by atoms with E-state index in [0.717, 1.165) is 22.6 Å². The van der Waals surface area contributed by atoms with Crippen molar-refractivity contribution in [2.24, 2.45) is 0 Å². The van der Waals surface area contributed by atoms with Crippen LogP contribution in [0.2, 0.25) is 0 Å². The van der Waals surface area contributed by atoms with E-state index in [1.54, 1.807) is 4.90 Å². The number of ether oxygens (including phenoxy) is 1. The quantitative estimate of drug-likeness (QED) is 0.293. The molecule has 0 aliphatic carbocycles. The van der Waals surface area contributed by atoms with Gasteiger partial charge < -0.3 is 10.1 Å². The molecule has 0 unspecified atom stereocenters. The van der Waals surface area contributed by atoms with E-state index >= 15 is 0 Å². The summed E-state index contributed by atoms with van der Waals surface area (Å²) in [6, 6.07) is 24.7. The average molecular weight is 489 g/mol. The Labute approximate surface area is 208 Å². The minimum absolute atomic E-state index is 0.0782. The number of benzene rings is 3. The van der Waals surface area contributed by atoms with E-state index in [-0.39, 0.29) is 11.8 Å². The van der Waals surface area contributed by atoms with Gasteiger partial charge in [0.1, 0.15) is 15.8 Å². The number of para-hydroxylation sites is 2. The number of hydrogen-bond acceptors (Lipinski definition) is 5. The first kappa shape index (κ1) is 23.7. The van der Waals surface area contributed by atoms with Crippen molar-refractivity contribution in [1.82, 2.24) is 4.90 Å². The Kier molecular flexibility index (Phi) is 7.77. The second kappa shape index (κ2) is 11.1. The first-order chi connectivity index (χ1) is 16.5. The van der Waals surface area contributed by atoms with E-state index in [9.17, 15) is 9.59 Å². The lowest BCUT2D eigenvalue weighted by atomic mass is 10.2. The Morgan fingerprint density at radius 1 is 1.03 bits per heavy atom. The lowest BCUT2D eigenvalue weighted by Gasteiger charge is -2.14. The van der Waals surface area contributed by atoms with Crippen LogP contribution in [0, 0.1) is 6.92 Å². The number of thioether (sulfide) groups is 1. The molecule has 5 nitrogen and oxygen atoms in total. The van der Waals surface area contributed by atoms with Crippen molar-refractivity contribution >= 4 is 51.9 Å². The Balaban J connectivity index is 1.34. The summed E-state index contributed by atoms with van der Waals surface area (Å²) in [6.07, 6.45) is 2.66. The SMILES string of the molecule is Cc1ccccc1NC(=O)CCCN1C(=O)/C(=C/c2cccc(Oc3ccccc3)c2)SC1=S. The van der Waals surface area contributed by atoms with E-state index in [4.69, 9.17) is 17.0 Å². The first-order valence-electron chi connectivity index (χ1n) is 10.9. The second-order valence-corrected chi connectivity index (χ2v) is 9.46. The van der Waals surface area contributed by atoms with Crippen LogP contribution in [0.3, 0.4) is 0 Å². The van der Waals surface area contributed by atoms with Gasteiger partial charge in [0.05, 0.1) is 4.91 Å². The van der Waals surface area contributed by atoms with Gasteiger partial charge in [0, 0.05) is 18.7 Å². The number of amides is 2. The van der Waals surface area contributed by atoms with Crippen molar-refractivity contribution in [3.8, 4) is 11.5 Å². The average Bonchev–Trinajstić information content (AvgIpc) is 3.09. The fraction of sp³-hybridized carbons (Fsp3) is 0.148. The Bertz CT molecular complexity index is 1240. The van der Waals surface area contributed by atoms with Crippen LogP contribution in [0.15, 0.2) is 83.8 Å². The summed E-state index contributed by atoms with van der Waals surface area (Å²) < 4.78 is 6.39. The van der Waals surface area contributed by atoms with Crippen molar-refractivity contribution in [2.45, 2.75) is 19.8 Å². The van der Waals surface area contributed by atoms with Gasteiger partial charge in [0.25, 0.3) is 5.91 Å². The monoisotopic (exact) mass is 488 g/mol. The van der Waals surface area contributed by atoms with Crippen molar-refractivity contribution < 1.29 is 14.3 Å². The maximum absolute atomic E-state index is 12.9. The van der Waals surface area contributed by atoms with Gasteiger partial charge in [-0.1, -0.05) is 72.5 Å². The maximum atomic E-state index is 12.9. The molecule has 1 heterocycles. The van der Waals surface area contributed by atoms with Gasteiger partial charge in [-0.15, -0.1) is 0 Å². The highest BCUT2D eigenvalue weighted by molar-refractivity contribution is 8.26. The van der Waals surface area contributed by atoms with Gasteiger partial charge in [-0.3, -0.25) is 14.5 Å². The molecule has 0 bridgehead atoms. The molecule has 172 valence electrons. The molecule has 3 aromatic rings. The molecule has 1 aliphatic rings. The molecule has 3 aromatic carbocycles. The van der Waals surface area contributed by atoms with Crippen LogP contribution in [-0.2, 0) is 9.59 Å². The van der Waals surface area contributed by atoms with E-state index in [2.05, 4.69) is 5.32 Å². The van der Waals surface area contributed by atoms with Crippen LogP contribution in [0.25, 0.3) is 6.08 Å². The second-order valence-electron chi connectivity index (χ2n) is 7.79. The number of anilines is 1. The molecule has 2 amide bonds. The third-order valence-electron chi connectivity index (χ3n) is 5.21. The number of hydrogen-bond donors (Lipinski definition) is 1. The van der Waals surface area contributed by atoms with Gasteiger partial charge in [0.2, 0.25) is 5.91 Å². The predicted octanol–water partition coefficient (Wildman–Crippen LogP) is 6.41. The third-order valence-corrected chi connectivity index (χ3v) is 6.59. The summed E-state index contributed by atoms with van der Waals surface area (Å²) in [5, 5.41) is 2.92. The Morgan fingerprint density at radius 2 is 1.76 bits per heavy atom. The van der Waals surface area contributed by atoms with Crippen LogP contribution < -0.4 is 10.1 Å². The van der Waals surface area contributed by atoms with Crippen LogP contribution in [-0.4, -0.2) is 27.6 Å². The summed E-state index contributed by atoms with van der Waals surface area (Å²) in [7, 11) is 0. The van der Waals surface area contributed by atoms with Gasteiger partial charge in [-0.2, -0.15) is 0 Å². The maximum Gasteiger partial charge on any atom is 0.266 e. The number of nitrogens with one attached hydrogen (secondary N) is 1. The summed E-state index contributed by atoms with van der Waals surface area (Å²) in [5.74, 6) is 1.22. The molecular formula is C27H24N2O3S2. The number of aryl methyl sites for hydroxylation is 1. The highest BCUT2D eigenvalue weighted by Gasteiger charge is 2.31. The van der Waals surface area contributed by atoms with E-state index < -0.39 is 0 Å². The molecule has 0 spiro atoms. The summed E-state index contributed by atoms with van der Waals surface area (Å²) in [4.78, 5) is 27.3. The lowest BCUT2D eigenvalue weighted by Crippen LogP contribution is -2.29. The molecule has 0 radical (unpaired) electrons. The van der Waals surface area contributed by atoms with E-state index in [1.165, 1.54) is 11.8 Å². The predicted molar refractivity (Wildman–Crippen MR) is 142 cm³/mol. The van der Waals surface area contributed by atoms with Gasteiger partial charge in [-0.25, -0.2) is 0 Å². The number of carbonyl (C=O) groups is 2. The van der Waals surface area contributed by atoms with E-state index in [1.807, 2.05) is 91.9 Å². The zero-order chi connectivity index (χ0) is 23.9. The molecule has 1 N–H and O–H groups in total. The number of nitrogens with zero attached hydrogens (tertiary/aromatic N) is 1. The molecule has 0 aromatic heterocycles. The zero-order valence-corrected chi connectivity index (χ0v) is 20.3.